The molecular weight excluding hydrogens is 192 g/mol. The summed E-state index contributed by atoms with van der Waals surface area (Å²) in [6.07, 6.45) is 3.44. The zero-order valence-corrected chi connectivity index (χ0v) is 9.29. The third-order valence-corrected chi connectivity index (χ3v) is 3.30. The van der Waals surface area contributed by atoms with Crippen LogP contribution >= 0.6 is 0 Å². The number of carbonyl (C=O) groups is 1. The average molecular weight is 212 g/mol. The fourth-order valence-electron chi connectivity index (χ4n) is 2.15. The first-order valence-corrected chi connectivity index (χ1v) is 5.81. The topological polar surface area (TPSA) is 50.4 Å². The lowest BCUT2D eigenvalue weighted by atomic mass is 10.1. The molecule has 2 fully saturated rings. The molecule has 0 aromatic rings. The molecule has 1 aliphatic heterocycles. The summed E-state index contributed by atoms with van der Waals surface area (Å²) in [5.41, 5.74) is 0. The van der Waals surface area contributed by atoms with Crippen molar-refractivity contribution < 1.29 is 9.53 Å². The first-order chi connectivity index (χ1) is 7.31. The fourth-order valence-corrected chi connectivity index (χ4v) is 2.15. The molecular formula is C11H20N2O2. The lowest BCUT2D eigenvalue weighted by molar-refractivity contribution is -0.125. The molecule has 2 atom stereocenters. The van der Waals surface area contributed by atoms with E-state index in [0.29, 0.717) is 12.5 Å². The smallest absolute Gasteiger partial charge is 0.224 e. The second kappa shape index (κ2) is 4.94. The van der Waals surface area contributed by atoms with Crippen molar-refractivity contribution in [2.45, 2.75) is 25.3 Å². The first-order valence-electron chi connectivity index (χ1n) is 5.81. The number of amides is 1. The van der Waals surface area contributed by atoms with Gasteiger partial charge in [-0.3, -0.25) is 4.79 Å². The van der Waals surface area contributed by atoms with Gasteiger partial charge in [-0.25, -0.2) is 0 Å². The van der Waals surface area contributed by atoms with Crippen molar-refractivity contribution in [3.8, 4) is 0 Å². The van der Waals surface area contributed by atoms with E-state index < -0.39 is 0 Å². The summed E-state index contributed by atoms with van der Waals surface area (Å²) < 4.78 is 5.14. The molecule has 0 aromatic carbocycles. The number of methoxy groups -OCH3 is 1. The maximum absolute atomic E-state index is 11.9. The predicted molar refractivity (Wildman–Crippen MR) is 57.5 cm³/mol. The monoisotopic (exact) mass is 212 g/mol. The van der Waals surface area contributed by atoms with Gasteiger partial charge in [-0.15, -0.1) is 0 Å². The summed E-state index contributed by atoms with van der Waals surface area (Å²) in [5.74, 6) is 1.03. The molecule has 86 valence electrons. The van der Waals surface area contributed by atoms with Crippen molar-refractivity contribution in [3.05, 3.63) is 0 Å². The van der Waals surface area contributed by atoms with Crippen molar-refractivity contribution in [2.75, 3.05) is 26.8 Å². The van der Waals surface area contributed by atoms with E-state index in [0.717, 1.165) is 19.5 Å². The highest BCUT2D eigenvalue weighted by atomic mass is 16.5. The molecule has 0 radical (unpaired) electrons. The maximum atomic E-state index is 11.9. The lowest BCUT2D eigenvalue weighted by Gasteiger charge is -2.19. The number of rotatable bonds is 5. The summed E-state index contributed by atoms with van der Waals surface area (Å²) in [4.78, 5) is 11.9. The van der Waals surface area contributed by atoms with E-state index in [9.17, 15) is 4.79 Å². The molecule has 1 aliphatic carbocycles. The van der Waals surface area contributed by atoms with Gasteiger partial charge in [-0.05, 0) is 31.7 Å². The SMILES string of the molecule is COCC(NC(=O)[C@H]1CCNC1)C1CC1. The van der Waals surface area contributed by atoms with Crippen LogP contribution in [-0.4, -0.2) is 38.8 Å². The largest absolute Gasteiger partial charge is 0.383 e. The highest BCUT2D eigenvalue weighted by Crippen LogP contribution is 2.32. The minimum absolute atomic E-state index is 0.170. The van der Waals surface area contributed by atoms with Crippen molar-refractivity contribution in [1.82, 2.24) is 10.6 Å². The highest BCUT2D eigenvalue weighted by Gasteiger charge is 2.34. The summed E-state index contributed by atoms with van der Waals surface area (Å²) in [5, 5.41) is 6.33. The number of carbonyl (C=O) groups excluding carboxylic acids is 1. The molecule has 15 heavy (non-hydrogen) atoms. The maximum Gasteiger partial charge on any atom is 0.224 e. The molecule has 0 spiro atoms. The number of nitrogens with one attached hydrogen (secondary N) is 2. The minimum atomic E-state index is 0.170. The van der Waals surface area contributed by atoms with Gasteiger partial charge < -0.3 is 15.4 Å². The molecule has 4 nitrogen and oxygen atoms in total. The Labute approximate surface area is 90.8 Å². The molecule has 1 unspecified atom stereocenters. The molecule has 1 heterocycles. The van der Waals surface area contributed by atoms with Crippen molar-refractivity contribution >= 4 is 5.91 Å². The van der Waals surface area contributed by atoms with Gasteiger partial charge in [0.2, 0.25) is 5.91 Å². The molecule has 0 aromatic heterocycles. The predicted octanol–water partition coefficient (Wildman–Crippen LogP) is 0.137. The molecule has 2 aliphatic rings. The van der Waals surface area contributed by atoms with Crippen molar-refractivity contribution in [2.24, 2.45) is 11.8 Å². The van der Waals surface area contributed by atoms with E-state index in [1.807, 2.05) is 0 Å². The molecule has 2 rings (SSSR count). The van der Waals surface area contributed by atoms with Crippen LogP contribution in [0.3, 0.4) is 0 Å². The Kier molecular flexibility index (Phi) is 3.59. The quantitative estimate of drug-likeness (QED) is 0.681. The second-order valence-electron chi connectivity index (χ2n) is 4.60. The van der Waals surface area contributed by atoms with Crippen LogP contribution in [0.25, 0.3) is 0 Å². The fraction of sp³-hybridized carbons (Fsp3) is 0.909. The summed E-state index contributed by atoms with van der Waals surface area (Å²) in [6, 6.07) is 0.239. The van der Waals surface area contributed by atoms with Gasteiger partial charge in [0.15, 0.2) is 0 Å². The third kappa shape index (κ3) is 2.92. The van der Waals surface area contributed by atoms with Crippen molar-refractivity contribution in [1.29, 1.82) is 0 Å². The van der Waals surface area contributed by atoms with E-state index in [4.69, 9.17) is 4.74 Å². The number of hydrogen-bond acceptors (Lipinski definition) is 3. The Morgan fingerprint density at radius 1 is 1.53 bits per heavy atom. The van der Waals surface area contributed by atoms with Crippen LogP contribution in [0.2, 0.25) is 0 Å². The van der Waals surface area contributed by atoms with Gasteiger partial charge in [0, 0.05) is 13.7 Å². The van der Waals surface area contributed by atoms with Crippen LogP contribution in [-0.2, 0) is 9.53 Å². The zero-order chi connectivity index (χ0) is 10.7. The number of hydrogen-bond donors (Lipinski definition) is 2. The molecule has 1 saturated carbocycles. The second-order valence-corrected chi connectivity index (χ2v) is 4.60. The van der Waals surface area contributed by atoms with E-state index >= 15 is 0 Å². The van der Waals surface area contributed by atoms with Gasteiger partial charge >= 0.3 is 0 Å². The summed E-state index contributed by atoms with van der Waals surface area (Å²) in [7, 11) is 1.69. The third-order valence-electron chi connectivity index (χ3n) is 3.30. The Morgan fingerprint density at radius 3 is 2.87 bits per heavy atom. The van der Waals surface area contributed by atoms with E-state index in [1.54, 1.807) is 7.11 Å². The van der Waals surface area contributed by atoms with E-state index in [1.165, 1.54) is 12.8 Å². The number of ether oxygens (including phenoxy) is 1. The lowest BCUT2D eigenvalue weighted by Crippen LogP contribution is -2.43. The van der Waals surface area contributed by atoms with Gasteiger partial charge in [-0.1, -0.05) is 0 Å². The van der Waals surface area contributed by atoms with Crippen LogP contribution < -0.4 is 10.6 Å². The van der Waals surface area contributed by atoms with Crippen molar-refractivity contribution in [3.63, 3.8) is 0 Å². The Morgan fingerprint density at radius 2 is 2.33 bits per heavy atom. The van der Waals surface area contributed by atoms with Crippen LogP contribution in [0.5, 0.6) is 0 Å². The molecule has 1 saturated heterocycles. The van der Waals surface area contributed by atoms with Gasteiger partial charge in [0.25, 0.3) is 0 Å². The molecule has 4 heteroatoms. The Bertz CT molecular complexity index is 223. The van der Waals surface area contributed by atoms with Crippen LogP contribution in [0, 0.1) is 11.8 Å². The van der Waals surface area contributed by atoms with Crippen LogP contribution in [0.4, 0.5) is 0 Å². The Hall–Kier alpha value is -0.610. The van der Waals surface area contributed by atoms with Gasteiger partial charge in [-0.2, -0.15) is 0 Å². The van der Waals surface area contributed by atoms with Crippen LogP contribution in [0.15, 0.2) is 0 Å². The molecule has 2 N–H and O–H groups in total. The van der Waals surface area contributed by atoms with Gasteiger partial charge in [0.05, 0.1) is 18.6 Å². The normalized spacial score (nSPS) is 27.7. The first kappa shape index (κ1) is 10.9. The van der Waals surface area contributed by atoms with E-state index in [2.05, 4.69) is 10.6 Å². The minimum Gasteiger partial charge on any atom is -0.383 e. The molecule has 1 amide bonds. The van der Waals surface area contributed by atoms with Crippen LogP contribution in [0.1, 0.15) is 19.3 Å². The Balaban J connectivity index is 1.79. The standard InChI is InChI=1S/C11H20N2O2/c1-15-7-10(8-2-3-8)13-11(14)9-4-5-12-6-9/h8-10,12H,2-7H2,1H3,(H,13,14)/t9-,10?/m0/s1. The zero-order valence-electron chi connectivity index (χ0n) is 9.29. The van der Waals surface area contributed by atoms with Gasteiger partial charge in [0.1, 0.15) is 0 Å². The summed E-state index contributed by atoms with van der Waals surface area (Å²) in [6.45, 7) is 2.45. The molecule has 0 bridgehead atoms. The summed E-state index contributed by atoms with van der Waals surface area (Å²) >= 11 is 0. The highest BCUT2D eigenvalue weighted by molar-refractivity contribution is 5.79. The average Bonchev–Trinajstić information content (AvgIpc) is 2.92. The van der Waals surface area contributed by atoms with E-state index in [-0.39, 0.29) is 17.9 Å².